The Labute approximate surface area is 519 Å². The summed E-state index contributed by atoms with van der Waals surface area (Å²) in [5.41, 5.74) is 19.7. The molecule has 0 aliphatic carbocycles. The van der Waals surface area contributed by atoms with Crippen molar-refractivity contribution in [2.24, 2.45) is 0 Å². The maximum atomic E-state index is 9.53. The molecule has 4 heterocycles. The summed E-state index contributed by atoms with van der Waals surface area (Å²) < 4.78 is 59.5. The summed E-state index contributed by atoms with van der Waals surface area (Å²) in [6.45, 7) is 27.0. The topological polar surface area (TPSA) is 35.9 Å². The molecule has 0 radical (unpaired) electrons. The summed E-state index contributed by atoms with van der Waals surface area (Å²) >= 11 is 0. The number of benzene rings is 10. The Morgan fingerprint density at radius 3 is 1.72 bits per heavy atom. The van der Waals surface area contributed by atoms with E-state index in [1.807, 2.05) is 36.5 Å². The minimum absolute atomic E-state index is 0.0792. The van der Waals surface area contributed by atoms with Crippen LogP contribution in [0.25, 0.3) is 117 Å². The first-order chi connectivity index (χ1) is 43.7. The summed E-state index contributed by atoms with van der Waals surface area (Å²) in [4.78, 5) is 4.96. The zero-order valence-electron chi connectivity index (χ0n) is 56.7. The Kier molecular flexibility index (Phi) is 11.7. The van der Waals surface area contributed by atoms with Gasteiger partial charge in [0.25, 0.3) is 6.33 Å². The molecule has 0 saturated carbocycles. The third-order valence-corrected chi connectivity index (χ3v) is 17.5. The summed E-state index contributed by atoms with van der Waals surface area (Å²) in [6.07, 6.45) is 5.95. The van der Waals surface area contributed by atoms with Crippen molar-refractivity contribution >= 4 is 32.8 Å². The lowest BCUT2D eigenvalue weighted by molar-refractivity contribution is -0.570. The average Bonchev–Trinajstić information content (AvgIpc) is 1.52. The number of ether oxygens (including phenoxy) is 1. The molecule has 0 fully saturated rings. The van der Waals surface area contributed by atoms with E-state index in [-0.39, 0.29) is 39.3 Å². The number of pyridine rings is 1. The number of aromatic nitrogens is 4. The lowest BCUT2D eigenvalue weighted by Crippen LogP contribution is -2.32. The Bertz CT molecular complexity index is 5120. The fourth-order valence-corrected chi connectivity index (χ4v) is 12.7. The Balaban J connectivity index is 1.07. The number of hydrogen-bond acceptors (Lipinski definition) is 2. The molecule has 1 aliphatic heterocycles. The van der Waals surface area contributed by atoms with Crippen LogP contribution in [0.15, 0.2) is 231 Å². The van der Waals surface area contributed by atoms with Crippen LogP contribution in [0.3, 0.4) is 0 Å². The zero-order valence-corrected chi connectivity index (χ0v) is 51.7. The van der Waals surface area contributed by atoms with Crippen LogP contribution in [-0.2, 0) is 21.7 Å². The second-order valence-electron chi connectivity index (χ2n) is 27.5. The van der Waals surface area contributed by atoms with E-state index in [1.54, 1.807) is 0 Å². The van der Waals surface area contributed by atoms with Gasteiger partial charge in [-0.25, -0.2) is 4.98 Å². The third-order valence-electron chi connectivity index (χ3n) is 17.5. The molecular weight excluding hydrogens is 1060 g/mol. The van der Waals surface area contributed by atoms with Crippen molar-refractivity contribution in [2.45, 2.75) is 105 Å². The van der Waals surface area contributed by atoms with Crippen molar-refractivity contribution in [2.75, 3.05) is 0 Å². The quantitative estimate of drug-likeness (QED) is 0.118. The van der Waals surface area contributed by atoms with Crippen molar-refractivity contribution in [1.82, 2.24) is 14.1 Å². The van der Waals surface area contributed by atoms with Crippen LogP contribution in [-0.4, -0.2) is 14.1 Å². The zero-order chi connectivity index (χ0) is 64.7. The number of rotatable bonds is 7. The van der Waals surface area contributed by atoms with Gasteiger partial charge in [0.15, 0.2) is 0 Å². The van der Waals surface area contributed by atoms with Crippen molar-refractivity contribution < 1.29 is 16.2 Å². The van der Waals surface area contributed by atoms with Crippen LogP contribution >= 0.6 is 0 Å². The summed E-state index contributed by atoms with van der Waals surface area (Å²) in [6, 6.07) is 66.9. The molecule has 0 saturated heterocycles. The highest BCUT2D eigenvalue weighted by Crippen LogP contribution is 2.50. The number of fused-ring (bicyclic) bond motifs is 10. The van der Waals surface area contributed by atoms with Crippen molar-refractivity contribution in [3.63, 3.8) is 0 Å². The molecule has 0 amide bonds. The molecular formula is C82H74N4O. The van der Waals surface area contributed by atoms with Crippen molar-refractivity contribution in [3.05, 3.63) is 259 Å². The first-order valence-corrected chi connectivity index (χ1v) is 30.3. The van der Waals surface area contributed by atoms with Gasteiger partial charge >= 0.3 is 0 Å². The van der Waals surface area contributed by atoms with Crippen LogP contribution in [0.5, 0.6) is 11.5 Å². The van der Waals surface area contributed by atoms with Gasteiger partial charge in [0.05, 0.1) is 40.3 Å². The van der Waals surface area contributed by atoms with E-state index in [0.29, 0.717) is 17.1 Å². The molecule has 0 bridgehead atoms. The smallest absolute Gasteiger partial charge is 0.269 e. The average molecular weight is 1140 g/mol. The van der Waals surface area contributed by atoms with Crippen LogP contribution in [0.1, 0.15) is 112 Å². The number of hydrogen-bond donors (Lipinski definition) is 0. The van der Waals surface area contributed by atoms with Gasteiger partial charge in [0, 0.05) is 23.0 Å². The molecule has 3 aromatic heterocycles. The predicted octanol–water partition coefficient (Wildman–Crippen LogP) is 21.5. The molecule has 0 spiro atoms. The van der Waals surface area contributed by atoms with E-state index in [1.165, 1.54) is 22.3 Å². The van der Waals surface area contributed by atoms with E-state index in [2.05, 4.69) is 267 Å². The number of para-hydroxylation sites is 2. The fraction of sp³-hybridized carbons (Fsp3) is 0.195. The summed E-state index contributed by atoms with van der Waals surface area (Å²) in [5.74, 6) is 2.14. The van der Waals surface area contributed by atoms with Crippen LogP contribution in [0, 0.1) is 6.33 Å². The van der Waals surface area contributed by atoms with Gasteiger partial charge in [-0.2, -0.15) is 0 Å². The lowest BCUT2D eigenvalue weighted by Gasteiger charge is -2.26. The second-order valence-corrected chi connectivity index (χ2v) is 27.5. The minimum atomic E-state index is -0.441. The van der Waals surface area contributed by atoms with Gasteiger partial charge in [-0.15, -0.1) is 0 Å². The number of imidazole rings is 1. The van der Waals surface area contributed by atoms with E-state index in [0.717, 1.165) is 106 Å². The van der Waals surface area contributed by atoms with E-state index in [9.17, 15) is 2.74 Å². The van der Waals surface area contributed by atoms with Gasteiger partial charge in [-0.05, 0) is 165 Å². The second kappa shape index (κ2) is 20.6. The summed E-state index contributed by atoms with van der Waals surface area (Å²) in [7, 11) is 0. The molecule has 0 atom stereocenters. The maximum absolute atomic E-state index is 9.53. The van der Waals surface area contributed by atoms with E-state index >= 15 is 0 Å². The molecule has 5 heteroatoms. The first kappa shape index (κ1) is 49.7. The third kappa shape index (κ3) is 9.84. The molecule has 1 aliphatic rings. The maximum Gasteiger partial charge on any atom is 0.269 e. The number of nitrogens with zero attached hydrogens (tertiary/aromatic N) is 4. The van der Waals surface area contributed by atoms with Gasteiger partial charge < -0.3 is 4.74 Å². The van der Waals surface area contributed by atoms with Crippen molar-refractivity contribution in [3.8, 4) is 95.5 Å². The molecule has 428 valence electrons. The molecule has 13 aromatic rings. The molecule has 10 aromatic carbocycles. The SMILES string of the molecule is [2H]c1c([2H])c([2H])c(-c2cccc3c2-c2cccc(-c4ccc(C(C)(C)C)cc4)c2-[n+]2[c-]n(-c4cccc(Oc5ccc6c7ccccc7n(-c7cc(C(C)(C)C)ccn7)c6c5)c4)c4cc(-c5cc(C(C)(C)C)cc(C(C)(C)C)c5)cc(c42)-c2ccccc2-3)c([2H])c1[2H]. The van der Waals surface area contributed by atoms with Gasteiger partial charge in [0.1, 0.15) is 17.3 Å². The predicted molar refractivity (Wildman–Crippen MR) is 363 cm³/mol. The molecule has 0 unspecified atom stereocenters. The lowest BCUT2D eigenvalue weighted by atomic mass is 9.78. The Hall–Kier alpha value is -9.58. The normalized spacial score (nSPS) is 13.4. The van der Waals surface area contributed by atoms with Crippen LogP contribution in [0.2, 0.25) is 0 Å². The fourth-order valence-electron chi connectivity index (χ4n) is 12.7. The van der Waals surface area contributed by atoms with Gasteiger partial charge in [0.2, 0.25) is 0 Å². The van der Waals surface area contributed by atoms with Crippen molar-refractivity contribution in [1.29, 1.82) is 0 Å². The highest BCUT2D eigenvalue weighted by Gasteiger charge is 2.30. The Morgan fingerprint density at radius 1 is 0.414 bits per heavy atom. The highest BCUT2D eigenvalue weighted by molar-refractivity contribution is 6.10. The molecule has 14 rings (SSSR count). The van der Waals surface area contributed by atoms with Crippen LogP contribution in [0.4, 0.5) is 0 Å². The molecule has 0 N–H and O–H groups in total. The highest BCUT2D eigenvalue weighted by atomic mass is 16.5. The minimum Gasteiger partial charge on any atom is -0.458 e. The van der Waals surface area contributed by atoms with Gasteiger partial charge in [-0.3, -0.25) is 13.7 Å². The molecule has 5 nitrogen and oxygen atoms in total. The van der Waals surface area contributed by atoms with Gasteiger partial charge in [-0.1, -0.05) is 247 Å². The van der Waals surface area contributed by atoms with Crippen LogP contribution < -0.4 is 9.30 Å². The summed E-state index contributed by atoms with van der Waals surface area (Å²) in [5, 5.41) is 2.23. The van der Waals surface area contributed by atoms with E-state index < -0.39 is 18.1 Å². The standard InChI is InChI=1S/C82H74N4O/c1-79(2,3)56-37-35-53(36-38-56)64-31-22-33-70-76-63(52-23-14-13-15-24-52)30-21-32-69(76)65-27-16-17-28-66(65)71-45-55(54-43-58(81(7,8)9)47-59(44-54)82(10,11)12)46-74-78(71)85(77(64)70)51-84(74)60-25-20-26-61(49-60)87-62-39-40-68-67-29-18-19-34-72(67)86(73(68)50-62)75-48-57(41-42-83-75)80(4,5)6/h13-50H,1-12H3/i13D,14D,15D,23D,24D. The van der Waals surface area contributed by atoms with E-state index in [4.69, 9.17) is 13.8 Å². The Morgan fingerprint density at radius 2 is 1.01 bits per heavy atom. The monoisotopic (exact) mass is 1140 g/mol. The molecule has 87 heavy (non-hydrogen) atoms. The first-order valence-electron chi connectivity index (χ1n) is 32.8. The largest absolute Gasteiger partial charge is 0.458 e.